The smallest absolute Gasteiger partial charge is 1.00 e. The Hall–Kier alpha value is 1.00. The first kappa shape index (κ1) is 22.3. The van der Waals surface area contributed by atoms with Crippen molar-refractivity contribution in [2.45, 2.75) is 117 Å². The molecule has 0 heterocycles. The van der Waals surface area contributed by atoms with Gasteiger partial charge < -0.3 is 1.43 Å². The third kappa shape index (κ3) is 21.4. The average molecular weight is 278 g/mol. The Morgan fingerprint density at radius 3 is 0.684 bits per heavy atom. The third-order valence-corrected chi connectivity index (χ3v) is 3.96. The normalized spacial score (nSPS) is 10.4. The molecule has 0 aromatic carbocycles. The van der Waals surface area contributed by atoms with Gasteiger partial charge in [-0.3, -0.25) is 0 Å². The van der Waals surface area contributed by atoms with E-state index in [1.54, 1.807) is 0 Å². The number of rotatable bonds is 15. The Morgan fingerprint density at radius 1 is 0.368 bits per heavy atom. The maximum atomic E-state index is 2.29. The first-order chi connectivity index (χ1) is 8.91. The van der Waals surface area contributed by atoms with E-state index in [1.807, 2.05) is 0 Å². The molecule has 0 radical (unpaired) electrons. The van der Waals surface area contributed by atoms with Crippen LogP contribution in [-0.4, -0.2) is 0 Å². The summed E-state index contributed by atoms with van der Waals surface area (Å²) in [4.78, 5) is 0. The van der Waals surface area contributed by atoms with Crippen LogP contribution in [-0.2, 0) is 0 Å². The molecule has 0 spiro atoms. The van der Waals surface area contributed by atoms with E-state index in [-0.39, 0.29) is 31.0 Å². The van der Waals surface area contributed by atoms with Gasteiger partial charge in [0.15, 0.2) is 0 Å². The summed E-state index contributed by atoms with van der Waals surface area (Å²) in [6, 6.07) is 0. The molecule has 0 aliphatic rings. The van der Waals surface area contributed by atoms with Crippen molar-refractivity contribution in [3.05, 3.63) is 0 Å². The average Bonchev–Trinajstić information content (AvgIpc) is 2.39. The minimum atomic E-state index is 0. The summed E-state index contributed by atoms with van der Waals surface area (Å²) < 4.78 is 0. The fourth-order valence-electron chi connectivity index (χ4n) is 2.62. The van der Waals surface area contributed by atoms with Crippen LogP contribution in [0.15, 0.2) is 0 Å². The van der Waals surface area contributed by atoms with Crippen LogP contribution in [0.25, 0.3) is 0 Å². The van der Waals surface area contributed by atoms with E-state index < -0.39 is 0 Å². The molecule has 0 amide bonds. The molecular weight excluding hydrogens is 239 g/mol. The maximum absolute atomic E-state index is 2.29. The van der Waals surface area contributed by atoms with Crippen molar-refractivity contribution in [3.63, 3.8) is 0 Å². The second-order valence-electron chi connectivity index (χ2n) is 5.95. The maximum Gasteiger partial charge on any atom is 1.00 e. The van der Waals surface area contributed by atoms with E-state index in [0.717, 1.165) is 0 Å². The van der Waals surface area contributed by atoms with Gasteiger partial charge in [-0.25, -0.2) is 0 Å². The summed E-state index contributed by atoms with van der Waals surface area (Å²) in [6.45, 7) is 4.59. The largest absolute Gasteiger partial charge is 1.00 e. The van der Waals surface area contributed by atoms with Crippen molar-refractivity contribution in [2.75, 3.05) is 0 Å². The molecule has 0 fully saturated rings. The topological polar surface area (TPSA) is 0 Å². The van der Waals surface area contributed by atoms with Crippen LogP contribution in [0.4, 0.5) is 0 Å². The standard InChI is InChI=1S/C18H38.Na.H/c1-3-5-7-9-11-13-15-17-18-16-14-12-10-8-6-4-2;;/h3-18H2,1-2H3;;/q;+1;-1. The molecule has 0 atom stereocenters. The molecule has 0 nitrogen and oxygen atoms in total. The molecule has 0 saturated carbocycles. The van der Waals surface area contributed by atoms with E-state index in [0.29, 0.717) is 0 Å². The SMILES string of the molecule is CCCCCCCCCCCCCCCCCC.[H-].[Na+]. The van der Waals surface area contributed by atoms with Crippen molar-refractivity contribution in [1.29, 1.82) is 0 Å². The third-order valence-electron chi connectivity index (χ3n) is 3.96. The molecule has 0 aliphatic heterocycles. The molecule has 19 heavy (non-hydrogen) atoms. The Bertz CT molecular complexity index is 123. The van der Waals surface area contributed by atoms with Gasteiger partial charge in [-0.05, 0) is 0 Å². The van der Waals surface area contributed by atoms with Crippen LogP contribution in [0.5, 0.6) is 0 Å². The van der Waals surface area contributed by atoms with Gasteiger partial charge >= 0.3 is 29.6 Å². The molecule has 0 rings (SSSR count). The second kappa shape index (κ2) is 21.3. The van der Waals surface area contributed by atoms with E-state index in [9.17, 15) is 0 Å². The van der Waals surface area contributed by atoms with Gasteiger partial charge in [0.05, 0.1) is 0 Å². The molecule has 0 aliphatic carbocycles. The van der Waals surface area contributed by atoms with Gasteiger partial charge in [-0.2, -0.15) is 0 Å². The monoisotopic (exact) mass is 278 g/mol. The minimum Gasteiger partial charge on any atom is -1.00 e. The van der Waals surface area contributed by atoms with Gasteiger partial charge in [0.1, 0.15) is 0 Å². The summed E-state index contributed by atoms with van der Waals surface area (Å²) in [5.74, 6) is 0. The van der Waals surface area contributed by atoms with Crippen molar-refractivity contribution >= 4 is 0 Å². The molecule has 0 bridgehead atoms. The molecule has 112 valence electrons. The van der Waals surface area contributed by atoms with E-state index in [4.69, 9.17) is 0 Å². The number of hydrogen-bond acceptors (Lipinski definition) is 0. The second-order valence-corrected chi connectivity index (χ2v) is 5.95. The summed E-state index contributed by atoms with van der Waals surface area (Å²) in [7, 11) is 0. The molecule has 0 saturated heterocycles. The van der Waals surface area contributed by atoms with Crippen LogP contribution in [0.3, 0.4) is 0 Å². The predicted molar refractivity (Wildman–Crippen MR) is 86.3 cm³/mol. The van der Waals surface area contributed by atoms with Gasteiger partial charge in [-0.1, -0.05) is 117 Å². The van der Waals surface area contributed by atoms with Crippen molar-refractivity contribution in [3.8, 4) is 0 Å². The molecule has 0 aromatic heterocycles. The predicted octanol–water partition coefficient (Wildman–Crippen LogP) is 4.38. The van der Waals surface area contributed by atoms with Gasteiger partial charge in [0.2, 0.25) is 0 Å². The van der Waals surface area contributed by atoms with Crippen LogP contribution >= 0.6 is 0 Å². The zero-order valence-electron chi connectivity index (χ0n) is 15.3. The Labute approximate surface area is 147 Å². The number of hydrogen-bond donors (Lipinski definition) is 0. The fraction of sp³-hybridized carbons (Fsp3) is 1.00. The van der Waals surface area contributed by atoms with Crippen molar-refractivity contribution in [2.24, 2.45) is 0 Å². The quantitative estimate of drug-likeness (QED) is 0.308. The fourth-order valence-corrected chi connectivity index (χ4v) is 2.62. The molecule has 0 aromatic rings. The Kier molecular flexibility index (Phi) is 25.0. The zero-order chi connectivity index (χ0) is 13.3. The Balaban J connectivity index is -0.00000144. The Morgan fingerprint density at radius 2 is 0.526 bits per heavy atom. The van der Waals surface area contributed by atoms with E-state index >= 15 is 0 Å². The van der Waals surface area contributed by atoms with Crippen LogP contribution < -0.4 is 29.6 Å². The van der Waals surface area contributed by atoms with E-state index in [1.165, 1.54) is 103 Å². The summed E-state index contributed by atoms with van der Waals surface area (Å²) in [6.07, 6.45) is 23.4. The van der Waals surface area contributed by atoms with Crippen LogP contribution in [0, 0.1) is 0 Å². The number of unbranched alkanes of at least 4 members (excludes halogenated alkanes) is 15. The van der Waals surface area contributed by atoms with Gasteiger partial charge in [-0.15, -0.1) is 0 Å². The molecule has 0 unspecified atom stereocenters. The molecule has 0 N–H and O–H groups in total. The zero-order valence-corrected chi connectivity index (χ0v) is 16.3. The summed E-state index contributed by atoms with van der Waals surface area (Å²) in [5, 5.41) is 0. The first-order valence-corrected chi connectivity index (χ1v) is 8.91. The van der Waals surface area contributed by atoms with Crippen LogP contribution in [0.1, 0.15) is 118 Å². The van der Waals surface area contributed by atoms with E-state index in [2.05, 4.69) is 13.8 Å². The van der Waals surface area contributed by atoms with Gasteiger partial charge in [0, 0.05) is 0 Å². The first-order valence-electron chi connectivity index (χ1n) is 8.91. The van der Waals surface area contributed by atoms with Gasteiger partial charge in [0.25, 0.3) is 0 Å². The van der Waals surface area contributed by atoms with Crippen LogP contribution in [0.2, 0.25) is 0 Å². The minimum absolute atomic E-state index is 0. The van der Waals surface area contributed by atoms with Crippen molar-refractivity contribution in [1.82, 2.24) is 0 Å². The summed E-state index contributed by atoms with van der Waals surface area (Å²) >= 11 is 0. The molecular formula is C18H39Na. The molecule has 1 heteroatoms. The van der Waals surface area contributed by atoms with Crippen molar-refractivity contribution < 1.29 is 31.0 Å². The summed E-state index contributed by atoms with van der Waals surface area (Å²) in [5.41, 5.74) is 0.